The molecule has 0 aromatic heterocycles. The molecule has 0 aliphatic carbocycles. The Labute approximate surface area is 148 Å². The molecule has 1 aromatic carbocycles. The lowest BCUT2D eigenvalue weighted by atomic mass is 10.2. The number of phenolic OH excluding ortho intramolecular Hbond substituents is 1. The van der Waals surface area contributed by atoms with Gasteiger partial charge in [-0.15, -0.1) is 0 Å². The molecule has 1 N–H and O–H groups in total. The maximum Gasteiger partial charge on any atom is 0.293 e. The van der Waals surface area contributed by atoms with Crippen LogP contribution in [-0.2, 0) is 4.79 Å². The van der Waals surface area contributed by atoms with Crippen molar-refractivity contribution >= 4 is 74.2 Å². The van der Waals surface area contributed by atoms with Gasteiger partial charge < -0.3 is 5.11 Å². The van der Waals surface area contributed by atoms with Crippen LogP contribution in [0.2, 0.25) is 0 Å². The highest BCUT2D eigenvalue weighted by atomic mass is 127. The van der Waals surface area contributed by atoms with Gasteiger partial charge in [0.2, 0.25) is 0 Å². The van der Waals surface area contributed by atoms with E-state index in [9.17, 15) is 14.7 Å². The summed E-state index contributed by atoms with van der Waals surface area (Å²) in [5.74, 6) is -0.150. The smallest absolute Gasteiger partial charge is 0.293 e. The number of imide groups is 1. The minimum atomic E-state index is -0.282. The molecule has 2 rings (SSSR count). The van der Waals surface area contributed by atoms with Crippen molar-refractivity contribution in [1.82, 2.24) is 4.90 Å². The predicted molar refractivity (Wildman–Crippen MR) is 96.5 cm³/mol. The van der Waals surface area contributed by atoms with Crippen molar-refractivity contribution in [3.8, 4) is 5.75 Å². The average molecular weight is 515 g/mol. The summed E-state index contributed by atoms with van der Waals surface area (Å²) in [6, 6.07) is 3.63. The maximum atomic E-state index is 12.1. The maximum absolute atomic E-state index is 12.1. The van der Waals surface area contributed by atoms with Crippen molar-refractivity contribution < 1.29 is 14.7 Å². The lowest BCUT2D eigenvalue weighted by Gasteiger charge is -2.09. The lowest BCUT2D eigenvalue weighted by Crippen LogP contribution is -2.28. The number of carbonyl (C=O) groups is 2. The van der Waals surface area contributed by atoms with Crippen LogP contribution in [0.4, 0.5) is 4.79 Å². The van der Waals surface area contributed by atoms with E-state index in [0.29, 0.717) is 20.6 Å². The fraction of sp³-hybridized carbons (Fsp3) is 0.231. The molecule has 1 fully saturated rings. The van der Waals surface area contributed by atoms with Gasteiger partial charge in [-0.05, 0) is 81.6 Å². The Kier molecular flexibility index (Phi) is 5.35. The van der Waals surface area contributed by atoms with Gasteiger partial charge in [-0.3, -0.25) is 14.5 Å². The summed E-state index contributed by atoms with van der Waals surface area (Å²) < 4.78 is 1.68. The van der Waals surface area contributed by atoms with Crippen LogP contribution in [0.5, 0.6) is 5.75 Å². The molecule has 1 heterocycles. The van der Waals surface area contributed by atoms with Crippen LogP contribution < -0.4 is 0 Å². The van der Waals surface area contributed by atoms with Gasteiger partial charge in [-0.2, -0.15) is 0 Å². The standard InChI is InChI=1S/C13H11I2NO3S/c1-2-3-16-12(18)10(20-13(16)19)5-7-4-8(14)6-9(15)11(7)17/h4-6,17H,2-3H2,1H3/b10-5+. The van der Waals surface area contributed by atoms with Crippen LogP contribution in [-0.4, -0.2) is 27.7 Å². The molecule has 0 saturated carbocycles. The first-order chi connectivity index (χ1) is 9.43. The third-order valence-corrected chi connectivity index (χ3v) is 5.02. The Bertz CT molecular complexity index is 616. The van der Waals surface area contributed by atoms with Gasteiger partial charge in [-0.1, -0.05) is 6.92 Å². The number of rotatable bonds is 3. The number of phenols is 1. The molecular weight excluding hydrogens is 504 g/mol. The highest BCUT2D eigenvalue weighted by molar-refractivity contribution is 14.1. The number of hydrogen-bond acceptors (Lipinski definition) is 4. The molecule has 0 bridgehead atoms. The van der Waals surface area contributed by atoms with Gasteiger partial charge in [0.25, 0.3) is 11.1 Å². The van der Waals surface area contributed by atoms with E-state index in [4.69, 9.17) is 0 Å². The van der Waals surface area contributed by atoms with Gasteiger partial charge in [0.1, 0.15) is 5.75 Å². The van der Waals surface area contributed by atoms with E-state index in [2.05, 4.69) is 22.6 Å². The zero-order valence-corrected chi connectivity index (χ0v) is 15.7. The number of nitrogens with zero attached hydrogens (tertiary/aromatic N) is 1. The fourth-order valence-corrected chi connectivity index (χ4v) is 4.50. The lowest BCUT2D eigenvalue weighted by molar-refractivity contribution is -0.122. The zero-order chi connectivity index (χ0) is 14.9. The minimum Gasteiger partial charge on any atom is -0.506 e. The van der Waals surface area contributed by atoms with E-state index in [1.54, 1.807) is 12.1 Å². The van der Waals surface area contributed by atoms with Gasteiger partial charge >= 0.3 is 0 Å². The number of amides is 2. The molecule has 0 atom stereocenters. The van der Waals surface area contributed by atoms with Crippen LogP contribution in [0, 0.1) is 7.14 Å². The highest BCUT2D eigenvalue weighted by Gasteiger charge is 2.34. The monoisotopic (exact) mass is 515 g/mol. The summed E-state index contributed by atoms with van der Waals surface area (Å²) in [5, 5.41) is 9.78. The zero-order valence-electron chi connectivity index (χ0n) is 10.5. The third kappa shape index (κ3) is 3.30. The Morgan fingerprint density at radius 1 is 1.35 bits per heavy atom. The first-order valence-electron chi connectivity index (χ1n) is 5.87. The molecule has 1 aliphatic rings. The van der Waals surface area contributed by atoms with E-state index in [1.165, 1.54) is 4.90 Å². The Morgan fingerprint density at radius 2 is 2.05 bits per heavy atom. The normalized spacial score (nSPS) is 17.4. The number of aromatic hydroxyl groups is 1. The van der Waals surface area contributed by atoms with E-state index >= 15 is 0 Å². The minimum absolute atomic E-state index is 0.133. The van der Waals surface area contributed by atoms with Crippen molar-refractivity contribution in [1.29, 1.82) is 0 Å². The van der Waals surface area contributed by atoms with Crippen LogP contribution in [0.15, 0.2) is 17.0 Å². The van der Waals surface area contributed by atoms with Gasteiger partial charge in [-0.25, -0.2) is 0 Å². The van der Waals surface area contributed by atoms with E-state index in [0.717, 1.165) is 21.8 Å². The first kappa shape index (κ1) is 16.1. The second kappa shape index (κ2) is 6.65. The van der Waals surface area contributed by atoms with E-state index in [-0.39, 0.29) is 16.9 Å². The summed E-state index contributed by atoms with van der Waals surface area (Å²) >= 11 is 5.10. The number of halogens is 2. The summed E-state index contributed by atoms with van der Waals surface area (Å²) in [6.45, 7) is 2.35. The third-order valence-electron chi connectivity index (χ3n) is 2.67. The second-order valence-electron chi connectivity index (χ2n) is 4.16. The van der Waals surface area contributed by atoms with Crippen LogP contribution in [0.3, 0.4) is 0 Å². The Balaban J connectivity index is 2.38. The molecule has 20 heavy (non-hydrogen) atoms. The Hall–Kier alpha value is -0.290. The van der Waals surface area contributed by atoms with Gasteiger partial charge in [0.15, 0.2) is 0 Å². The van der Waals surface area contributed by atoms with Gasteiger partial charge in [0.05, 0.1) is 8.48 Å². The largest absolute Gasteiger partial charge is 0.506 e. The molecular formula is C13H11I2NO3S. The quantitative estimate of drug-likeness (QED) is 0.488. The van der Waals surface area contributed by atoms with E-state index < -0.39 is 0 Å². The Morgan fingerprint density at radius 3 is 2.70 bits per heavy atom. The molecule has 0 radical (unpaired) electrons. The summed E-state index contributed by atoms with van der Waals surface area (Å²) in [5.41, 5.74) is 0.559. The second-order valence-corrected chi connectivity index (χ2v) is 7.56. The number of benzene rings is 1. The molecule has 2 amide bonds. The molecule has 7 heteroatoms. The molecule has 1 aromatic rings. The van der Waals surface area contributed by atoms with E-state index in [1.807, 2.05) is 35.6 Å². The SMILES string of the molecule is CCCN1C(=O)S/C(=C/c2cc(I)cc(I)c2O)C1=O. The number of carbonyl (C=O) groups excluding carboxylic acids is 2. The molecule has 106 valence electrons. The topological polar surface area (TPSA) is 57.6 Å². The van der Waals surface area contributed by atoms with Crippen molar-refractivity contribution in [3.05, 3.63) is 29.7 Å². The number of hydrogen-bond donors (Lipinski definition) is 1. The van der Waals surface area contributed by atoms with Crippen LogP contribution >= 0.6 is 56.9 Å². The molecule has 4 nitrogen and oxygen atoms in total. The summed E-state index contributed by atoms with van der Waals surface area (Å²) in [7, 11) is 0. The van der Waals surface area contributed by atoms with Crippen molar-refractivity contribution in [2.24, 2.45) is 0 Å². The van der Waals surface area contributed by atoms with Crippen molar-refractivity contribution in [3.63, 3.8) is 0 Å². The predicted octanol–water partition coefficient (Wildman–Crippen LogP) is 4.05. The summed E-state index contributed by atoms with van der Waals surface area (Å²) in [4.78, 5) is 25.5. The highest BCUT2D eigenvalue weighted by Crippen LogP contribution is 2.35. The molecule has 1 saturated heterocycles. The average Bonchev–Trinajstić information content (AvgIpc) is 2.63. The molecule has 0 spiro atoms. The first-order valence-corrected chi connectivity index (χ1v) is 8.84. The van der Waals surface area contributed by atoms with Crippen molar-refractivity contribution in [2.45, 2.75) is 13.3 Å². The van der Waals surface area contributed by atoms with Gasteiger partial charge in [0, 0.05) is 15.7 Å². The summed E-state index contributed by atoms with van der Waals surface area (Å²) in [6.07, 6.45) is 2.32. The van der Waals surface area contributed by atoms with Crippen LogP contribution in [0.25, 0.3) is 6.08 Å². The fourth-order valence-electron chi connectivity index (χ4n) is 1.75. The van der Waals surface area contributed by atoms with Crippen LogP contribution in [0.1, 0.15) is 18.9 Å². The molecule has 1 aliphatic heterocycles. The number of thioether (sulfide) groups is 1. The molecule has 0 unspecified atom stereocenters. The van der Waals surface area contributed by atoms with Crippen molar-refractivity contribution in [2.75, 3.05) is 6.54 Å².